The zero-order valence-corrected chi connectivity index (χ0v) is 12.3. The van der Waals surface area contributed by atoms with E-state index in [0.717, 1.165) is 25.9 Å². The minimum atomic E-state index is 0.0922. The van der Waals surface area contributed by atoms with Crippen LogP contribution in [0.25, 0.3) is 0 Å². The fraction of sp³-hybridized carbons (Fsp3) is 0.500. The molecule has 2 aromatic heterocycles. The van der Waals surface area contributed by atoms with E-state index in [-0.39, 0.29) is 11.3 Å². The highest BCUT2D eigenvalue weighted by Gasteiger charge is 2.08. The molecule has 0 aliphatic carbocycles. The summed E-state index contributed by atoms with van der Waals surface area (Å²) in [4.78, 5) is 12.1. The van der Waals surface area contributed by atoms with Crippen LogP contribution in [0.2, 0.25) is 5.28 Å². The van der Waals surface area contributed by atoms with Gasteiger partial charge in [-0.3, -0.25) is 4.68 Å². The van der Waals surface area contributed by atoms with Gasteiger partial charge in [-0.15, -0.1) is 0 Å². The topological polar surface area (TPSA) is 77.8 Å². The van der Waals surface area contributed by atoms with Crippen LogP contribution in [0.15, 0.2) is 12.4 Å². The first-order valence-corrected chi connectivity index (χ1v) is 6.94. The van der Waals surface area contributed by atoms with Gasteiger partial charge in [0.25, 0.3) is 0 Å². The maximum Gasteiger partial charge on any atom is 0.328 e. The smallest absolute Gasteiger partial charge is 0.328 e. The third kappa shape index (κ3) is 4.06. The fourth-order valence-electron chi connectivity index (χ4n) is 1.55. The number of hydrogen-bond donors (Lipinski definition) is 1. The Labute approximate surface area is 122 Å². The van der Waals surface area contributed by atoms with Gasteiger partial charge >= 0.3 is 6.01 Å². The molecule has 20 heavy (non-hydrogen) atoms. The Kier molecular flexibility index (Phi) is 5.11. The minimum absolute atomic E-state index is 0.0922. The molecule has 0 aliphatic rings. The Hall–Kier alpha value is -1.89. The second kappa shape index (κ2) is 7.04. The van der Waals surface area contributed by atoms with Crippen molar-refractivity contribution in [3.63, 3.8) is 0 Å². The van der Waals surface area contributed by atoms with E-state index in [1.165, 1.54) is 0 Å². The molecule has 0 spiro atoms. The molecule has 0 amide bonds. The van der Waals surface area contributed by atoms with Crippen molar-refractivity contribution >= 4 is 17.5 Å². The van der Waals surface area contributed by atoms with Gasteiger partial charge in [-0.1, -0.05) is 13.8 Å². The zero-order chi connectivity index (χ0) is 14.4. The molecule has 0 saturated carbocycles. The van der Waals surface area contributed by atoms with Gasteiger partial charge in [0, 0.05) is 13.1 Å². The van der Waals surface area contributed by atoms with Crippen LogP contribution in [-0.2, 0) is 6.54 Å². The van der Waals surface area contributed by atoms with E-state index >= 15 is 0 Å². The van der Waals surface area contributed by atoms with Crippen molar-refractivity contribution < 1.29 is 4.74 Å². The highest BCUT2D eigenvalue weighted by molar-refractivity contribution is 6.28. The van der Waals surface area contributed by atoms with E-state index in [2.05, 4.69) is 39.2 Å². The van der Waals surface area contributed by atoms with Gasteiger partial charge in [-0.05, 0) is 24.4 Å². The van der Waals surface area contributed by atoms with Gasteiger partial charge in [0.15, 0.2) is 5.75 Å². The summed E-state index contributed by atoms with van der Waals surface area (Å²) in [7, 11) is 0. The number of aryl methyl sites for hydroxylation is 1. The summed E-state index contributed by atoms with van der Waals surface area (Å²) in [6.07, 6.45) is 5.37. The molecule has 1 N–H and O–H groups in total. The summed E-state index contributed by atoms with van der Waals surface area (Å²) in [5.74, 6) is 0.977. The second-order valence-electron chi connectivity index (χ2n) is 4.18. The average molecular weight is 297 g/mol. The van der Waals surface area contributed by atoms with Crippen LogP contribution in [0, 0.1) is 0 Å². The predicted molar refractivity (Wildman–Crippen MR) is 76.2 cm³/mol. The van der Waals surface area contributed by atoms with E-state index in [0.29, 0.717) is 11.7 Å². The van der Waals surface area contributed by atoms with Crippen molar-refractivity contribution in [3.05, 3.63) is 17.7 Å². The molecule has 0 saturated heterocycles. The molecule has 0 aliphatic heterocycles. The van der Waals surface area contributed by atoms with Crippen LogP contribution in [-0.4, -0.2) is 31.3 Å². The quantitative estimate of drug-likeness (QED) is 0.846. The van der Waals surface area contributed by atoms with Crippen LogP contribution in [0.1, 0.15) is 26.7 Å². The first kappa shape index (κ1) is 14.5. The molecule has 0 aromatic carbocycles. The number of hydrogen-bond acceptors (Lipinski definition) is 6. The van der Waals surface area contributed by atoms with Crippen molar-refractivity contribution in [1.29, 1.82) is 0 Å². The first-order valence-electron chi connectivity index (χ1n) is 6.57. The van der Waals surface area contributed by atoms with Gasteiger partial charge in [0.1, 0.15) is 0 Å². The molecule has 0 fully saturated rings. The normalized spacial score (nSPS) is 10.6. The second-order valence-corrected chi connectivity index (χ2v) is 4.52. The maximum atomic E-state index is 5.85. The highest BCUT2D eigenvalue weighted by atomic mass is 35.5. The van der Waals surface area contributed by atoms with Crippen molar-refractivity contribution in [1.82, 2.24) is 24.7 Å². The first-order chi connectivity index (χ1) is 9.71. The van der Waals surface area contributed by atoms with Crippen LogP contribution < -0.4 is 10.1 Å². The lowest BCUT2D eigenvalue weighted by Gasteiger charge is -2.05. The molecule has 108 valence electrons. The Balaban J connectivity index is 2.09. The van der Waals surface area contributed by atoms with Gasteiger partial charge in [0.05, 0.1) is 12.4 Å². The van der Waals surface area contributed by atoms with Gasteiger partial charge in [-0.2, -0.15) is 20.1 Å². The highest BCUT2D eigenvalue weighted by Crippen LogP contribution is 2.19. The molecule has 7 nitrogen and oxygen atoms in total. The number of rotatable bonds is 7. The Morgan fingerprint density at radius 2 is 2.10 bits per heavy atom. The van der Waals surface area contributed by atoms with Crippen molar-refractivity contribution in [3.8, 4) is 11.8 Å². The van der Waals surface area contributed by atoms with Gasteiger partial charge in [-0.25, -0.2) is 0 Å². The SMILES string of the molecule is CCCNc1nc(Cl)nc(Oc2cnn(CCC)c2)n1. The lowest BCUT2D eigenvalue weighted by atomic mass is 10.5. The number of halogens is 1. The third-order valence-electron chi connectivity index (χ3n) is 2.39. The molecule has 2 heterocycles. The van der Waals surface area contributed by atoms with E-state index in [4.69, 9.17) is 16.3 Å². The van der Waals surface area contributed by atoms with Crippen molar-refractivity contribution in [2.24, 2.45) is 0 Å². The van der Waals surface area contributed by atoms with Gasteiger partial charge in [0.2, 0.25) is 11.2 Å². The van der Waals surface area contributed by atoms with E-state index in [1.54, 1.807) is 17.1 Å². The van der Waals surface area contributed by atoms with Crippen LogP contribution in [0.3, 0.4) is 0 Å². The number of aromatic nitrogens is 5. The van der Waals surface area contributed by atoms with Crippen molar-refractivity contribution in [2.75, 3.05) is 11.9 Å². The monoisotopic (exact) mass is 296 g/mol. The van der Waals surface area contributed by atoms with E-state index < -0.39 is 0 Å². The summed E-state index contributed by atoms with van der Waals surface area (Å²) in [6, 6.07) is 0.152. The molecule has 2 aromatic rings. The number of ether oxygens (including phenoxy) is 1. The molecule has 8 heteroatoms. The number of nitrogens with zero attached hydrogens (tertiary/aromatic N) is 5. The fourth-order valence-corrected chi connectivity index (χ4v) is 1.70. The molecule has 0 atom stereocenters. The van der Waals surface area contributed by atoms with Crippen LogP contribution in [0.4, 0.5) is 5.95 Å². The summed E-state index contributed by atoms with van der Waals surface area (Å²) >= 11 is 5.85. The zero-order valence-electron chi connectivity index (χ0n) is 11.5. The summed E-state index contributed by atoms with van der Waals surface area (Å²) in [5, 5.41) is 7.30. The summed E-state index contributed by atoms with van der Waals surface area (Å²) in [6.45, 7) is 5.73. The van der Waals surface area contributed by atoms with Gasteiger partial charge < -0.3 is 10.1 Å². The molecule has 0 radical (unpaired) electrons. The Morgan fingerprint density at radius 3 is 2.85 bits per heavy atom. The average Bonchev–Trinajstić information content (AvgIpc) is 2.83. The summed E-state index contributed by atoms with van der Waals surface area (Å²) < 4.78 is 7.34. The lowest BCUT2D eigenvalue weighted by molar-refractivity contribution is 0.439. The molecule has 2 rings (SSSR count). The molecular formula is C12H17ClN6O. The number of anilines is 1. The predicted octanol–water partition coefficient (Wildman–Crippen LogP) is 2.75. The standard InChI is InChI=1S/C12H17ClN6O/c1-3-5-14-11-16-10(13)17-12(18-11)20-9-7-15-19(8-9)6-4-2/h7-8H,3-6H2,1-2H3,(H,14,16,17,18). The van der Waals surface area contributed by atoms with Crippen LogP contribution >= 0.6 is 11.6 Å². The van der Waals surface area contributed by atoms with E-state index in [9.17, 15) is 0 Å². The Bertz CT molecular complexity index is 559. The third-order valence-corrected chi connectivity index (χ3v) is 2.56. The van der Waals surface area contributed by atoms with Crippen molar-refractivity contribution in [2.45, 2.75) is 33.2 Å². The molecule has 0 bridgehead atoms. The lowest BCUT2D eigenvalue weighted by Crippen LogP contribution is -2.06. The maximum absolute atomic E-state index is 5.85. The number of nitrogens with one attached hydrogen (secondary N) is 1. The molecular weight excluding hydrogens is 280 g/mol. The summed E-state index contributed by atoms with van der Waals surface area (Å²) in [5.41, 5.74) is 0. The van der Waals surface area contributed by atoms with E-state index in [1.807, 2.05) is 0 Å². The largest absolute Gasteiger partial charge is 0.421 e. The Morgan fingerprint density at radius 1 is 1.25 bits per heavy atom. The van der Waals surface area contributed by atoms with Crippen LogP contribution in [0.5, 0.6) is 11.8 Å². The molecule has 0 unspecified atom stereocenters. The minimum Gasteiger partial charge on any atom is -0.421 e.